The van der Waals surface area contributed by atoms with Crippen LogP contribution in [0.2, 0.25) is 0 Å². The molecule has 172 valence electrons. The number of rotatable bonds is 7. The quantitative estimate of drug-likeness (QED) is 0.353. The molecule has 10 heteroatoms. The molecule has 1 saturated heterocycles. The lowest BCUT2D eigenvalue weighted by Gasteiger charge is -2.32. The predicted molar refractivity (Wildman–Crippen MR) is 120 cm³/mol. The van der Waals surface area contributed by atoms with Gasteiger partial charge in [0.05, 0.1) is 15.4 Å². The first kappa shape index (κ1) is 23.7. The Balaban J connectivity index is 1.76. The van der Waals surface area contributed by atoms with Crippen molar-refractivity contribution in [1.82, 2.24) is 4.31 Å². The maximum atomic E-state index is 12.5. The molecule has 9 nitrogen and oxygen atoms in total. The SMILES string of the molecule is CC1CCCN(c2ccc(C(=O)OCc3cccc(S(=O)(=O)N(C)C)c3)cc2[N+](=O)[O-])C1. The number of nitro groups is 1. The summed E-state index contributed by atoms with van der Waals surface area (Å²) >= 11 is 0. The van der Waals surface area contributed by atoms with Crippen LogP contribution in [0.4, 0.5) is 11.4 Å². The molecule has 1 aliphatic rings. The molecule has 1 atom stereocenters. The van der Waals surface area contributed by atoms with Gasteiger partial charge in [-0.25, -0.2) is 17.5 Å². The van der Waals surface area contributed by atoms with Gasteiger partial charge < -0.3 is 9.64 Å². The van der Waals surface area contributed by atoms with Gasteiger partial charge in [-0.05, 0) is 48.6 Å². The number of ether oxygens (including phenoxy) is 1. The highest BCUT2D eigenvalue weighted by Crippen LogP contribution is 2.32. The fourth-order valence-electron chi connectivity index (χ4n) is 3.71. The number of anilines is 1. The predicted octanol–water partition coefficient (Wildman–Crippen LogP) is 3.44. The maximum absolute atomic E-state index is 12.5. The number of nitrogens with zero attached hydrogens (tertiary/aromatic N) is 3. The van der Waals surface area contributed by atoms with Crippen molar-refractivity contribution in [2.75, 3.05) is 32.1 Å². The largest absolute Gasteiger partial charge is 0.457 e. The Bertz CT molecular complexity index is 1120. The summed E-state index contributed by atoms with van der Waals surface area (Å²) < 4.78 is 31.0. The van der Waals surface area contributed by atoms with Crippen LogP contribution in [0.5, 0.6) is 0 Å². The van der Waals surface area contributed by atoms with Crippen LogP contribution in [0.15, 0.2) is 47.4 Å². The van der Waals surface area contributed by atoms with E-state index < -0.39 is 20.9 Å². The fourth-order valence-corrected chi connectivity index (χ4v) is 4.68. The second-order valence-corrected chi connectivity index (χ2v) is 10.3. The van der Waals surface area contributed by atoms with Gasteiger partial charge in [0.1, 0.15) is 12.3 Å². The Labute approximate surface area is 187 Å². The molecular formula is C22H27N3O6S. The molecule has 1 heterocycles. The van der Waals surface area contributed by atoms with Gasteiger partial charge in [0.2, 0.25) is 10.0 Å². The summed E-state index contributed by atoms with van der Waals surface area (Å²) in [5.74, 6) is -0.271. The normalized spacial score (nSPS) is 16.8. The van der Waals surface area contributed by atoms with E-state index in [2.05, 4.69) is 6.92 Å². The Hall–Kier alpha value is -2.98. The van der Waals surface area contributed by atoms with E-state index in [-0.39, 0.29) is 22.8 Å². The highest BCUT2D eigenvalue weighted by atomic mass is 32.2. The molecule has 0 spiro atoms. The topological polar surface area (TPSA) is 110 Å². The van der Waals surface area contributed by atoms with Crippen LogP contribution in [-0.4, -0.2) is 50.8 Å². The van der Waals surface area contributed by atoms with Gasteiger partial charge >= 0.3 is 5.97 Å². The third-order valence-electron chi connectivity index (χ3n) is 5.45. The fraction of sp³-hybridized carbons (Fsp3) is 0.409. The third kappa shape index (κ3) is 5.25. The zero-order valence-corrected chi connectivity index (χ0v) is 19.2. The van der Waals surface area contributed by atoms with Gasteiger partial charge in [-0.1, -0.05) is 19.1 Å². The summed E-state index contributed by atoms with van der Waals surface area (Å²) in [4.78, 5) is 25.8. The summed E-state index contributed by atoms with van der Waals surface area (Å²) in [7, 11) is -0.744. The second kappa shape index (κ2) is 9.66. The molecule has 0 saturated carbocycles. The van der Waals surface area contributed by atoms with Crippen molar-refractivity contribution in [3.8, 4) is 0 Å². The number of benzene rings is 2. The van der Waals surface area contributed by atoms with Crippen molar-refractivity contribution in [3.05, 3.63) is 63.7 Å². The summed E-state index contributed by atoms with van der Waals surface area (Å²) in [5.41, 5.74) is 0.935. The average Bonchev–Trinajstić information content (AvgIpc) is 2.77. The Morgan fingerprint density at radius 2 is 2.00 bits per heavy atom. The van der Waals surface area contributed by atoms with Crippen molar-refractivity contribution in [1.29, 1.82) is 0 Å². The molecule has 2 aromatic carbocycles. The molecule has 0 bridgehead atoms. The first-order valence-corrected chi connectivity index (χ1v) is 11.8. The van der Waals surface area contributed by atoms with Crippen LogP contribution >= 0.6 is 0 Å². The van der Waals surface area contributed by atoms with Crippen LogP contribution in [-0.2, 0) is 21.4 Å². The molecular weight excluding hydrogens is 434 g/mol. The van der Waals surface area contributed by atoms with E-state index in [1.807, 2.05) is 4.90 Å². The van der Waals surface area contributed by atoms with Gasteiger partial charge in [-0.15, -0.1) is 0 Å². The van der Waals surface area contributed by atoms with Crippen molar-refractivity contribution < 1.29 is 22.9 Å². The molecule has 0 N–H and O–H groups in total. The highest BCUT2D eigenvalue weighted by Gasteiger charge is 2.25. The Morgan fingerprint density at radius 3 is 2.66 bits per heavy atom. The Morgan fingerprint density at radius 1 is 1.25 bits per heavy atom. The molecule has 1 fully saturated rings. The van der Waals surface area contributed by atoms with E-state index in [4.69, 9.17) is 4.74 Å². The lowest BCUT2D eigenvalue weighted by molar-refractivity contribution is -0.384. The van der Waals surface area contributed by atoms with E-state index in [9.17, 15) is 23.3 Å². The van der Waals surface area contributed by atoms with Crippen LogP contribution < -0.4 is 4.90 Å². The molecule has 0 aliphatic carbocycles. The van der Waals surface area contributed by atoms with Gasteiger partial charge in [-0.3, -0.25) is 10.1 Å². The minimum atomic E-state index is -3.61. The van der Waals surface area contributed by atoms with Crippen molar-refractivity contribution >= 4 is 27.4 Å². The minimum absolute atomic E-state index is 0.0718. The first-order valence-electron chi connectivity index (χ1n) is 10.3. The number of hydrogen-bond donors (Lipinski definition) is 0. The molecule has 3 rings (SSSR count). The number of hydrogen-bond acceptors (Lipinski definition) is 7. The maximum Gasteiger partial charge on any atom is 0.338 e. The van der Waals surface area contributed by atoms with E-state index >= 15 is 0 Å². The zero-order valence-electron chi connectivity index (χ0n) is 18.4. The van der Waals surface area contributed by atoms with Crippen molar-refractivity contribution in [3.63, 3.8) is 0 Å². The van der Waals surface area contributed by atoms with Crippen LogP contribution in [0, 0.1) is 16.0 Å². The van der Waals surface area contributed by atoms with E-state index in [1.165, 1.54) is 38.4 Å². The summed E-state index contributed by atoms with van der Waals surface area (Å²) in [5, 5.41) is 11.7. The van der Waals surface area contributed by atoms with Gasteiger partial charge in [0, 0.05) is 33.3 Å². The van der Waals surface area contributed by atoms with E-state index in [0.29, 0.717) is 17.2 Å². The standard InChI is InChI=1S/C22H27N3O6S/c1-16-6-5-11-24(14-16)20-10-9-18(13-21(20)25(27)28)22(26)31-15-17-7-4-8-19(12-17)32(29,30)23(2)3/h4,7-10,12-13,16H,5-6,11,14-15H2,1-3H3. The van der Waals surface area contributed by atoms with E-state index in [1.54, 1.807) is 18.2 Å². The number of piperidine rings is 1. The van der Waals surface area contributed by atoms with Gasteiger partial charge in [0.15, 0.2) is 0 Å². The van der Waals surface area contributed by atoms with E-state index in [0.717, 1.165) is 30.2 Å². The smallest absolute Gasteiger partial charge is 0.338 e. The number of carbonyl (C=O) groups is 1. The summed E-state index contributed by atoms with van der Waals surface area (Å²) in [6.45, 7) is 3.43. The molecule has 2 aromatic rings. The van der Waals surface area contributed by atoms with Gasteiger partial charge in [-0.2, -0.15) is 0 Å². The number of esters is 1. The van der Waals surface area contributed by atoms with Gasteiger partial charge in [0.25, 0.3) is 5.69 Å². The van der Waals surface area contributed by atoms with Crippen molar-refractivity contribution in [2.24, 2.45) is 5.92 Å². The lowest BCUT2D eigenvalue weighted by Crippen LogP contribution is -2.34. The zero-order chi connectivity index (χ0) is 23.5. The minimum Gasteiger partial charge on any atom is -0.457 e. The number of sulfonamides is 1. The molecule has 32 heavy (non-hydrogen) atoms. The molecule has 1 unspecified atom stereocenters. The summed E-state index contributed by atoms with van der Waals surface area (Å²) in [6, 6.07) is 10.5. The van der Waals surface area contributed by atoms with Crippen LogP contribution in [0.3, 0.4) is 0 Å². The highest BCUT2D eigenvalue weighted by molar-refractivity contribution is 7.89. The summed E-state index contributed by atoms with van der Waals surface area (Å²) in [6.07, 6.45) is 2.05. The molecule has 1 aliphatic heterocycles. The Kier molecular flexibility index (Phi) is 7.15. The van der Waals surface area contributed by atoms with Crippen LogP contribution in [0.1, 0.15) is 35.7 Å². The lowest BCUT2D eigenvalue weighted by atomic mass is 9.99. The average molecular weight is 462 g/mol. The monoisotopic (exact) mass is 461 g/mol. The third-order valence-corrected chi connectivity index (χ3v) is 7.26. The molecule has 0 radical (unpaired) electrons. The molecule has 0 amide bonds. The van der Waals surface area contributed by atoms with Crippen molar-refractivity contribution in [2.45, 2.75) is 31.3 Å². The second-order valence-electron chi connectivity index (χ2n) is 8.16. The number of carbonyl (C=O) groups excluding carboxylic acids is 1. The molecule has 0 aromatic heterocycles. The number of nitro benzene ring substituents is 1. The first-order chi connectivity index (χ1) is 15.1. The van der Waals surface area contributed by atoms with Crippen LogP contribution in [0.25, 0.3) is 0 Å².